The fourth-order valence-electron chi connectivity index (χ4n) is 2.19. The van der Waals surface area contributed by atoms with Crippen LogP contribution in [0.25, 0.3) is 10.9 Å². The lowest BCUT2D eigenvalue weighted by atomic mass is 10.1. The summed E-state index contributed by atoms with van der Waals surface area (Å²) in [7, 11) is 2.13. The molecule has 0 radical (unpaired) electrons. The van der Waals surface area contributed by atoms with Crippen molar-refractivity contribution < 1.29 is 0 Å². The van der Waals surface area contributed by atoms with Gasteiger partial charge in [-0.3, -0.25) is 0 Å². The number of aromatic nitrogens is 1. The zero-order chi connectivity index (χ0) is 10.7. The van der Waals surface area contributed by atoms with Crippen LogP contribution in [0, 0.1) is 0 Å². The number of nitrogens with zero attached hydrogens (tertiary/aromatic N) is 1. The summed E-state index contributed by atoms with van der Waals surface area (Å²) in [4.78, 5) is 0. The van der Waals surface area contributed by atoms with E-state index in [9.17, 15) is 0 Å². The third kappa shape index (κ3) is 2.06. The minimum atomic E-state index is 1.22. The van der Waals surface area contributed by atoms with Gasteiger partial charge in [-0.05, 0) is 24.5 Å². The van der Waals surface area contributed by atoms with E-state index in [1.165, 1.54) is 42.1 Å². The minimum absolute atomic E-state index is 1.22. The maximum atomic E-state index is 2.28. The Labute approximate surface area is 91.7 Å². The number of hydrogen-bond donors (Lipinski definition) is 0. The lowest BCUT2D eigenvalue weighted by Gasteiger charge is -1.97. The van der Waals surface area contributed by atoms with Crippen LogP contribution in [0.2, 0.25) is 0 Å². The van der Waals surface area contributed by atoms with Crippen molar-refractivity contribution in [3.63, 3.8) is 0 Å². The molecule has 2 aromatic rings. The summed E-state index contributed by atoms with van der Waals surface area (Å²) in [5.41, 5.74) is 2.85. The van der Waals surface area contributed by atoms with Crippen LogP contribution in [0.4, 0.5) is 0 Å². The van der Waals surface area contributed by atoms with Gasteiger partial charge in [0.05, 0.1) is 0 Å². The van der Waals surface area contributed by atoms with Crippen molar-refractivity contribution >= 4 is 10.9 Å². The van der Waals surface area contributed by atoms with Gasteiger partial charge >= 0.3 is 0 Å². The Bertz CT molecular complexity index is 440. The van der Waals surface area contributed by atoms with Gasteiger partial charge in [0.1, 0.15) is 0 Å². The average Bonchev–Trinajstić information content (AvgIpc) is 2.58. The Morgan fingerprint density at radius 2 is 1.93 bits per heavy atom. The first kappa shape index (κ1) is 10.3. The summed E-state index contributed by atoms with van der Waals surface area (Å²) < 4.78 is 2.23. The van der Waals surface area contributed by atoms with Crippen LogP contribution in [0.5, 0.6) is 0 Å². The highest BCUT2D eigenvalue weighted by molar-refractivity contribution is 5.83. The molecule has 0 unspecified atom stereocenters. The van der Waals surface area contributed by atoms with E-state index in [4.69, 9.17) is 0 Å². The van der Waals surface area contributed by atoms with Gasteiger partial charge in [0.25, 0.3) is 0 Å². The maximum Gasteiger partial charge on any atom is 0.0480 e. The van der Waals surface area contributed by atoms with Crippen LogP contribution < -0.4 is 0 Å². The molecule has 0 bridgehead atoms. The van der Waals surface area contributed by atoms with Crippen LogP contribution in [-0.4, -0.2) is 4.57 Å². The molecule has 0 aliphatic heterocycles. The molecule has 0 aliphatic rings. The maximum absolute atomic E-state index is 2.28. The molecule has 0 aliphatic carbocycles. The number of para-hydroxylation sites is 1. The summed E-state index contributed by atoms with van der Waals surface area (Å²) in [6.45, 7) is 2.25. The summed E-state index contributed by atoms with van der Waals surface area (Å²) in [6, 6.07) is 8.67. The number of benzene rings is 1. The molecular weight excluding hydrogens is 182 g/mol. The van der Waals surface area contributed by atoms with E-state index >= 15 is 0 Å². The van der Waals surface area contributed by atoms with E-state index in [0.717, 1.165) is 0 Å². The Hall–Kier alpha value is -1.24. The predicted molar refractivity (Wildman–Crippen MR) is 66.1 cm³/mol. The fraction of sp³-hybridized carbons (Fsp3) is 0.429. The van der Waals surface area contributed by atoms with Crippen molar-refractivity contribution in [3.05, 3.63) is 36.0 Å². The molecular formula is C14H19N. The van der Waals surface area contributed by atoms with E-state index in [1.54, 1.807) is 0 Å². The normalized spacial score (nSPS) is 11.1. The Balaban J connectivity index is 2.27. The van der Waals surface area contributed by atoms with Crippen LogP contribution in [-0.2, 0) is 13.5 Å². The number of hydrogen-bond acceptors (Lipinski definition) is 0. The molecule has 0 amide bonds. The molecule has 1 aromatic carbocycles. The summed E-state index contributed by atoms with van der Waals surface area (Å²) in [5.74, 6) is 0. The van der Waals surface area contributed by atoms with Crippen molar-refractivity contribution in [1.82, 2.24) is 4.57 Å². The van der Waals surface area contributed by atoms with E-state index in [0.29, 0.717) is 0 Å². The third-order valence-corrected chi connectivity index (χ3v) is 3.03. The largest absolute Gasteiger partial charge is 0.350 e. The van der Waals surface area contributed by atoms with Gasteiger partial charge in [-0.15, -0.1) is 0 Å². The number of fused-ring (bicyclic) bond motifs is 1. The molecule has 0 atom stereocenters. The van der Waals surface area contributed by atoms with Crippen molar-refractivity contribution in [2.75, 3.05) is 0 Å². The Kier molecular flexibility index (Phi) is 3.10. The zero-order valence-corrected chi connectivity index (χ0v) is 9.66. The highest BCUT2D eigenvalue weighted by Gasteiger charge is 2.04. The van der Waals surface area contributed by atoms with Gasteiger partial charge in [-0.1, -0.05) is 38.0 Å². The second-order valence-corrected chi connectivity index (χ2v) is 4.24. The van der Waals surface area contributed by atoms with Crippen molar-refractivity contribution in [1.29, 1.82) is 0 Å². The molecule has 2 rings (SSSR count). The standard InChI is InChI=1S/C14H19N/c1-3-4-5-8-12-11-15(2)14-10-7-6-9-13(12)14/h6-7,9-11H,3-5,8H2,1-2H3. The van der Waals surface area contributed by atoms with Crippen LogP contribution in [0.1, 0.15) is 31.7 Å². The topological polar surface area (TPSA) is 4.93 Å². The third-order valence-electron chi connectivity index (χ3n) is 3.03. The molecule has 1 heterocycles. The second-order valence-electron chi connectivity index (χ2n) is 4.24. The Morgan fingerprint density at radius 1 is 1.13 bits per heavy atom. The first-order valence-electron chi connectivity index (χ1n) is 5.86. The molecule has 0 spiro atoms. The molecule has 1 heteroatoms. The number of aryl methyl sites for hydroxylation is 2. The molecule has 0 fully saturated rings. The van der Waals surface area contributed by atoms with E-state index in [1.807, 2.05) is 0 Å². The monoisotopic (exact) mass is 201 g/mol. The van der Waals surface area contributed by atoms with Crippen LogP contribution in [0.3, 0.4) is 0 Å². The summed E-state index contributed by atoms with van der Waals surface area (Å²) in [5, 5.41) is 1.43. The second kappa shape index (κ2) is 4.52. The van der Waals surface area contributed by atoms with Crippen molar-refractivity contribution in [2.24, 2.45) is 7.05 Å². The van der Waals surface area contributed by atoms with Gasteiger partial charge < -0.3 is 4.57 Å². The zero-order valence-electron chi connectivity index (χ0n) is 9.66. The SMILES string of the molecule is CCCCCc1cn(C)c2ccccc12. The number of unbranched alkanes of at least 4 members (excludes halogenated alkanes) is 2. The minimum Gasteiger partial charge on any atom is -0.350 e. The Morgan fingerprint density at radius 3 is 2.73 bits per heavy atom. The fourth-order valence-corrected chi connectivity index (χ4v) is 2.19. The van der Waals surface area contributed by atoms with Gasteiger partial charge in [-0.25, -0.2) is 0 Å². The molecule has 0 saturated heterocycles. The lowest BCUT2D eigenvalue weighted by molar-refractivity contribution is 0.718. The van der Waals surface area contributed by atoms with E-state index in [2.05, 4.69) is 49.0 Å². The molecule has 80 valence electrons. The molecule has 0 N–H and O–H groups in total. The van der Waals surface area contributed by atoms with Crippen LogP contribution in [0.15, 0.2) is 30.5 Å². The van der Waals surface area contributed by atoms with E-state index < -0.39 is 0 Å². The highest BCUT2D eigenvalue weighted by atomic mass is 14.9. The molecule has 15 heavy (non-hydrogen) atoms. The smallest absolute Gasteiger partial charge is 0.0480 e. The quantitative estimate of drug-likeness (QED) is 0.661. The molecule has 1 nitrogen and oxygen atoms in total. The van der Waals surface area contributed by atoms with Gasteiger partial charge in [0.2, 0.25) is 0 Å². The molecule has 0 saturated carbocycles. The average molecular weight is 201 g/mol. The summed E-state index contributed by atoms with van der Waals surface area (Å²) in [6.07, 6.45) is 7.44. The predicted octanol–water partition coefficient (Wildman–Crippen LogP) is 3.91. The van der Waals surface area contributed by atoms with Crippen molar-refractivity contribution in [2.45, 2.75) is 32.6 Å². The van der Waals surface area contributed by atoms with Crippen LogP contribution >= 0.6 is 0 Å². The van der Waals surface area contributed by atoms with Gasteiger partial charge in [-0.2, -0.15) is 0 Å². The lowest BCUT2D eigenvalue weighted by Crippen LogP contribution is -1.84. The first-order valence-corrected chi connectivity index (χ1v) is 5.86. The van der Waals surface area contributed by atoms with E-state index in [-0.39, 0.29) is 0 Å². The van der Waals surface area contributed by atoms with Gasteiger partial charge in [0.15, 0.2) is 0 Å². The highest BCUT2D eigenvalue weighted by Crippen LogP contribution is 2.21. The van der Waals surface area contributed by atoms with Gasteiger partial charge in [0, 0.05) is 24.1 Å². The first-order chi connectivity index (χ1) is 7.33. The van der Waals surface area contributed by atoms with Crippen molar-refractivity contribution in [3.8, 4) is 0 Å². The summed E-state index contributed by atoms with van der Waals surface area (Å²) >= 11 is 0. The number of rotatable bonds is 4. The molecule has 1 aromatic heterocycles.